The first-order valence-corrected chi connectivity index (χ1v) is 7.62. The molecular weight excluding hydrogens is 332 g/mol. The van der Waals surface area contributed by atoms with Crippen LogP contribution in [0.4, 0.5) is 5.69 Å². The molecule has 1 aromatic carbocycles. The lowest BCUT2D eigenvalue weighted by molar-refractivity contribution is -0.138. The zero-order valence-corrected chi connectivity index (χ0v) is 12.4. The van der Waals surface area contributed by atoms with Crippen LogP contribution in [0.5, 0.6) is 0 Å². The number of carboxylic acids is 1. The van der Waals surface area contributed by atoms with Gasteiger partial charge in [0, 0.05) is 22.5 Å². The van der Waals surface area contributed by atoms with E-state index in [9.17, 15) is 14.7 Å². The van der Waals surface area contributed by atoms with Gasteiger partial charge in [0.15, 0.2) is 0 Å². The van der Waals surface area contributed by atoms with Crippen molar-refractivity contribution < 1.29 is 14.7 Å². The Bertz CT molecular complexity index is 524. The van der Waals surface area contributed by atoms with Gasteiger partial charge in [0.25, 0.3) is 5.91 Å². The molecule has 102 valence electrons. The number of halogens is 1. The number of hydrogen-bond donors (Lipinski definition) is 2. The predicted octanol–water partition coefficient (Wildman–Crippen LogP) is 1.55. The molecule has 1 saturated heterocycles. The second kappa shape index (κ2) is 5.83. The second-order valence-corrected chi connectivity index (χ2v) is 6.21. The van der Waals surface area contributed by atoms with E-state index in [0.29, 0.717) is 23.5 Å². The van der Waals surface area contributed by atoms with Gasteiger partial charge in [-0.3, -0.25) is 4.79 Å². The topological polar surface area (TPSA) is 83.6 Å². The Morgan fingerprint density at radius 1 is 1.47 bits per heavy atom. The number of carbonyl (C=O) groups excluding carboxylic acids is 1. The fourth-order valence-electron chi connectivity index (χ4n) is 2.05. The molecule has 0 spiro atoms. The van der Waals surface area contributed by atoms with E-state index >= 15 is 0 Å². The maximum absolute atomic E-state index is 11.5. The van der Waals surface area contributed by atoms with Crippen LogP contribution < -0.4 is 10.6 Å². The van der Waals surface area contributed by atoms with Crippen molar-refractivity contribution >= 4 is 45.3 Å². The Balaban J connectivity index is 2.44. The Hall–Kier alpha value is -1.21. The van der Waals surface area contributed by atoms with Gasteiger partial charge < -0.3 is 15.7 Å². The van der Waals surface area contributed by atoms with Crippen molar-refractivity contribution in [3.05, 3.63) is 28.2 Å². The molecule has 1 aliphatic heterocycles. The van der Waals surface area contributed by atoms with Crippen LogP contribution in [0.3, 0.4) is 0 Å². The van der Waals surface area contributed by atoms with Gasteiger partial charge in [-0.25, -0.2) is 4.79 Å². The summed E-state index contributed by atoms with van der Waals surface area (Å²) in [5.74, 6) is -0.106. The molecule has 1 heterocycles. The number of aliphatic carboxylic acids is 1. The van der Waals surface area contributed by atoms with Crippen LogP contribution in [-0.4, -0.2) is 41.1 Å². The number of rotatable bonds is 3. The fraction of sp³-hybridized carbons (Fsp3) is 0.333. The van der Waals surface area contributed by atoms with E-state index in [1.54, 1.807) is 34.9 Å². The third-order valence-electron chi connectivity index (χ3n) is 2.95. The molecule has 5 nitrogen and oxygen atoms in total. The standard InChI is InChI=1S/C12H13BrN2O3S/c13-7-1-2-9(8(5-7)11(14)16)15-3-4-19-6-10(15)12(17)18/h1-2,5,10H,3-4,6H2,(H2,14,16)(H,17,18). The summed E-state index contributed by atoms with van der Waals surface area (Å²) in [7, 11) is 0. The molecule has 0 bridgehead atoms. The van der Waals surface area contributed by atoms with Crippen LogP contribution >= 0.6 is 27.7 Å². The average molecular weight is 345 g/mol. The molecular formula is C12H13BrN2O3S. The first-order chi connectivity index (χ1) is 9.00. The monoisotopic (exact) mass is 344 g/mol. The second-order valence-electron chi connectivity index (χ2n) is 4.15. The van der Waals surface area contributed by atoms with Crippen LogP contribution in [0.25, 0.3) is 0 Å². The zero-order chi connectivity index (χ0) is 14.0. The van der Waals surface area contributed by atoms with Crippen LogP contribution in [0.15, 0.2) is 22.7 Å². The molecule has 1 aromatic rings. The molecule has 7 heteroatoms. The number of primary amides is 1. The normalized spacial score (nSPS) is 19.2. The van der Waals surface area contributed by atoms with Crippen LogP contribution in [0, 0.1) is 0 Å². The number of carbonyl (C=O) groups is 2. The lowest BCUT2D eigenvalue weighted by Gasteiger charge is -2.35. The number of benzene rings is 1. The number of nitrogens with zero attached hydrogens (tertiary/aromatic N) is 1. The predicted molar refractivity (Wildman–Crippen MR) is 78.8 cm³/mol. The molecule has 1 amide bonds. The van der Waals surface area contributed by atoms with Gasteiger partial charge in [0.2, 0.25) is 0 Å². The smallest absolute Gasteiger partial charge is 0.327 e. The Labute approximate surface area is 123 Å². The highest BCUT2D eigenvalue weighted by Gasteiger charge is 2.31. The van der Waals surface area contributed by atoms with Gasteiger partial charge in [-0.1, -0.05) is 15.9 Å². The van der Waals surface area contributed by atoms with Gasteiger partial charge in [-0.15, -0.1) is 0 Å². The molecule has 0 aromatic heterocycles. The van der Waals surface area contributed by atoms with Crippen molar-refractivity contribution in [3.63, 3.8) is 0 Å². The van der Waals surface area contributed by atoms with Crippen molar-refractivity contribution in [3.8, 4) is 0 Å². The van der Waals surface area contributed by atoms with E-state index < -0.39 is 17.9 Å². The molecule has 0 aliphatic carbocycles. The lowest BCUT2D eigenvalue weighted by atomic mass is 10.1. The molecule has 0 saturated carbocycles. The highest BCUT2D eigenvalue weighted by atomic mass is 79.9. The summed E-state index contributed by atoms with van der Waals surface area (Å²) in [6.07, 6.45) is 0. The van der Waals surface area contributed by atoms with E-state index in [2.05, 4.69) is 15.9 Å². The van der Waals surface area contributed by atoms with Gasteiger partial charge >= 0.3 is 5.97 Å². The Morgan fingerprint density at radius 3 is 2.84 bits per heavy atom. The van der Waals surface area contributed by atoms with E-state index in [1.807, 2.05) is 0 Å². The maximum atomic E-state index is 11.5. The largest absolute Gasteiger partial charge is 0.480 e. The summed E-state index contributed by atoms with van der Waals surface area (Å²) in [6.45, 7) is 0.587. The number of anilines is 1. The lowest BCUT2D eigenvalue weighted by Crippen LogP contribution is -2.48. The third kappa shape index (κ3) is 3.03. The Morgan fingerprint density at radius 2 is 2.21 bits per heavy atom. The van der Waals surface area contributed by atoms with Crippen LogP contribution in [0.2, 0.25) is 0 Å². The summed E-state index contributed by atoms with van der Waals surface area (Å²) < 4.78 is 0.739. The number of carboxylic acid groups (broad SMARTS) is 1. The van der Waals surface area contributed by atoms with E-state index in [4.69, 9.17) is 5.73 Å². The van der Waals surface area contributed by atoms with Crippen LogP contribution in [0.1, 0.15) is 10.4 Å². The van der Waals surface area contributed by atoms with E-state index in [0.717, 1.165) is 10.2 Å². The number of amides is 1. The van der Waals surface area contributed by atoms with Gasteiger partial charge in [0.05, 0.1) is 11.3 Å². The SMILES string of the molecule is NC(=O)c1cc(Br)ccc1N1CCSCC1C(=O)O. The van der Waals surface area contributed by atoms with Crippen molar-refractivity contribution in [2.75, 3.05) is 23.0 Å². The summed E-state index contributed by atoms with van der Waals surface area (Å²) in [5, 5.41) is 9.27. The third-order valence-corrected chi connectivity index (χ3v) is 4.46. The molecule has 0 radical (unpaired) electrons. The zero-order valence-electron chi connectivity index (χ0n) is 10.0. The number of nitrogens with two attached hydrogens (primary N) is 1. The first-order valence-electron chi connectivity index (χ1n) is 5.67. The average Bonchev–Trinajstić information content (AvgIpc) is 2.38. The highest BCUT2D eigenvalue weighted by molar-refractivity contribution is 9.10. The van der Waals surface area contributed by atoms with Crippen molar-refractivity contribution in [1.82, 2.24) is 0 Å². The molecule has 1 aliphatic rings. The number of thioether (sulfide) groups is 1. The molecule has 1 fully saturated rings. The van der Waals surface area contributed by atoms with Crippen LogP contribution in [-0.2, 0) is 4.79 Å². The first kappa shape index (κ1) is 14.2. The Kier molecular flexibility index (Phi) is 4.36. The minimum atomic E-state index is -0.884. The quantitative estimate of drug-likeness (QED) is 0.869. The van der Waals surface area contributed by atoms with Gasteiger partial charge in [0.1, 0.15) is 6.04 Å². The highest BCUT2D eigenvalue weighted by Crippen LogP contribution is 2.29. The molecule has 2 rings (SSSR count). The minimum Gasteiger partial charge on any atom is -0.480 e. The summed E-state index contributed by atoms with van der Waals surface area (Å²) in [6, 6.07) is 4.51. The van der Waals surface area contributed by atoms with E-state index in [1.165, 1.54) is 0 Å². The van der Waals surface area contributed by atoms with Gasteiger partial charge in [-0.2, -0.15) is 11.8 Å². The maximum Gasteiger partial charge on any atom is 0.327 e. The summed E-state index contributed by atoms with van der Waals surface area (Å²) in [5.41, 5.74) is 6.30. The molecule has 19 heavy (non-hydrogen) atoms. The summed E-state index contributed by atoms with van der Waals surface area (Å²) >= 11 is 4.89. The molecule has 3 N–H and O–H groups in total. The van der Waals surface area contributed by atoms with Crippen molar-refractivity contribution in [2.24, 2.45) is 5.73 Å². The van der Waals surface area contributed by atoms with Crippen molar-refractivity contribution in [1.29, 1.82) is 0 Å². The number of hydrogen-bond acceptors (Lipinski definition) is 4. The van der Waals surface area contributed by atoms with E-state index in [-0.39, 0.29) is 0 Å². The minimum absolute atomic E-state index is 0.340. The van der Waals surface area contributed by atoms with Crippen molar-refractivity contribution in [2.45, 2.75) is 6.04 Å². The molecule has 1 unspecified atom stereocenters. The molecule has 1 atom stereocenters. The van der Waals surface area contributed by atoms with Gasteiger partial charge in [-0.05, 0) is 18.2 Å². The fourth-order valence-corrected chi connectivity index (χ4v) is 3.45. The summed E-state index contributed by atoms with van der Waals surface area (Å²) in [4.78, 5) is 24.6.